The Hall–Kier alpha value is -11.6. The molecule has 6 aromatic carbocycles. The summed E-state index contributed by atoms with van der Waals surface area (Å²) in [7, 11) is 4.79. The number of likely N-dealkylation sites (tertiary alicyclic amines) is 2. The van der Waals surface area contributed by atoms with Crippen molar-refractivity contribution in [1.29, 1.82) is 0 Å². The molecule has 0 saturated carbocycles. The lowest BCUT2D eigenvalue weighted by Gasteiger charge is -2.22. The van der Waals surface area contributed by atoms with Crippen LogP contribution in [0.15, 0.2) is 77.5 Å². The Morgan fingerprint density at radius 3 is 1.35 bits per heavy atom. The van der Waals surface area contributed by atoms with Crippen LogP contribution in [-0.2, 0) is 58.2 Å². The topological polar surface area (TPSA) is 294 Å². The molecule has 4 amide bonds. The van der Waals surface area contributed by atoms with Gasteiger partial charge in [0.25, 0.3) is 11.8 Å². The number of benzene rings is 6. The molecule has 3 aliphatic heterocycles. The molecule has 0 spiro atoms. The van der Waals surface area contributed by atoms with E-state index in [1.165, 1.54) is 48.6 Å². The standard InChI is InChI=1S/C27H30F2N6O3.C15H18F2N2Si.C14H20BrN5O3.C12H10F2N2.2C10H9F2IN2.C9H6F2IN/c1-6-22(36)34-13-17(10-18(34)14-38-5)35-12-16(23(26(30)37)27(35)31-4)8-9-19-20(28)11-21-25(24(19)29)32-15(3)33(21)7-2;1-6-19-10(2)18-15-13(19)9-12(16)11(14(15)17)7-8-20(3,4)5;1-4-10(21)19-6-8(5-9(19)7-23-3)20-14(17-2)11(13(16)22)12(15)18-20;1-4-8-9(13)6-10-12(11(8)14)15-7(3)16(10)5-2;1-3-15-5(2)14-10-7(15)4-6(11)9(13)8(10)12;1-3-15-5(2)14-7-4-6(11)9(13)8(12)10(7)15;1-4-2-5-3-6(10)8(12)7(11)9(5)13-4/h6,11-12,17-18,31H,1,7,10,13-14H2,2-5H3,(H2,30,37);9H,6H2,1-5H3;4,8-9,17H,1,5-7H2,2-3H3,(H2,16,22);1,6H,5H2,2-3H3;2*4H,3H2,1-2H3;3H,2H2,1H3/t17-,18+;;8-,9+;;;;/m0.0..../s1. The molecule has 10 heterocycles. The van der Waals surface area contributed by atoms with Gasteiger partial charge in [-0.05, 0) is 196 Å². The molecule has 26 nitrogen and oxygen atoms in total. The first-order valence-electron chi connectivity index (χ1n) is 43.7. The number of methoxy groups -OCH3 is 2. The minimum Gasteiger partial charge on any atom is -0.383 e. The summed E-state index contributed by atoms with van der Waals surface area (Å²) in [6.07, 6.45) is 11.0. The van der Waals surface area contributed by atoms with Crippen LogP contribution in [0.4, 0.5) is 70.0 Å². The van der Waals surface area contributed by atoms with E-state index in [0.29, 0.717) is 174 Å². The molecule has 3 aliphatic rings. The van der Waals surface area contributed by atoms with E-state index in [4.69, 9.17) is 27.4 Å². The van der Waals surface area contributed by atoms with Gasteiger partial charge in [-0.25, -0.2) is 82.3 Å². The first kappa shape index (κ1) is 110. The highest BCUT2D eigenvalue weighted by Crippen LogP contribution is 2.40. The minimum absolute atomic E-state index is 0.000790. The summed E-state index contributed by atoms with van der Waals surface area (Å²) in [5.41, 5.74) is 18.7. The van der Waals surface area contributed by atoms with Gasteiger partial charge in [0.1, 0.15) is 127 Å². The van der Waals surface area contributed by atoms with Crippen molar-refractivity contribution < 1.29 is 81.3 Å². The summed E-state index contributed by atoms with van der Waals surface area (Å²) >= 11 is 8.23. The molecule has 0 bridgehead atoms. The number of fused-ring (bicyclic) bond motifs is 6. The van der Waals surface area contributed by atoms with Crippen LogP contribution in [0, 0.1) is 151 Å². The monoisotopic (exact) mass is 2360 g/mol. The van der Waals surface area contributed by atoms with Gasteiger partial charge in [0.2, 0.25) is 11.8 Å². The van der Waals surface area contributed by atoms with Crippen LogP contribution in [0.5, 0.6) is 0 Å². The zero-order valence-electron chi connectivity index (χ0n) is 79.8. The summed E-state index contributed by atoms with van der Waals surface area (Å²) in [6.45, 7) is 37.9. The fourth-order valence-electron chi connectivity index (χ4n) is 16.8. The molecular formula is C97H102BrF12I3N20O6Si. The van der Waals surface area contributed by atoms with Crippen LogP contribution in [0.2, 0.25) is 19.6 Å². The summed E-state index contributed by atoms with van der Waals surface area (Å²) in [6, 6.07) is 7.16. The summed E-state index contributed by atoms with van der Waals surface area (Å²) in [5.74, 6) is 4.82. The summed E-state index contributed by atoms with van der Waals surface area (Å²) in [4.78, 5) is 76.6. The number of nitrogens with one attached hydrogen (secondary N) is 2. The van der Waals surface area contributed by atoms with E-state index in [0.717, 1.165) is 5.71 Å². The lowest BCUT2D eigenvalue weighted by Crippen LogP contribution is -2.37. The number of hydrogen-bond donors (Lipinski definition) is 4. The van der Waals surface area contributed by atoms with Gasteiger partial charge in [0, 0.05) is 123 Å². The van der Waals surface area contributed by atoms with Crippen LogP contribution in [0.3, 0.4) is 0 Å². The third-order valence-corrected chi connectivity index (χ3v) is 27.5. The van der Waals surface area contributed by atoms with Gasteiger partial charge in [0.05, 0.1) is 103 Å². The minimum atomic E-state index is -1.69. The Kier molecular flexibility index (Phi) is 37.0. The predicted octanol–water partition coefficient (Wildman–Crippen LogP) is 19.9. The van der Waals surface area contributed by atoms with Crippen molar-refractivity contribution >= 4 is 194 Å². The number of imidazole rings is 5. The van der Waals surface area contributed by atoms with Gasteiger partial charge in [-0.15, -0.1) is 12.0 Å². The molecule has 0 aliphatic carbocycles. The summed E-state index contributed by atoms with van der Waals surface area (Å²) < 4.78 is 190. The molecule has 2 saturated heterocycles. The van der Waals surface area contributed by atoms with E-state index in [9.17, 15) is 67.5 Å². The first-order valence-corrected chi connectivity index (χ1v) is 51.3. The molecule has 140 heavy (non-hydrogen) atoms. The maximum Gasteiger partial charge on any atom is 0.255 e. The molecular weight excluding hydrogens is 2260 g/mol. The predicted molar refractivity (Wildman–Crippen MR) is 548 cm³/mol. The second kappa shape index (κ2) is 46.9. The number of ether oxygens (including phenoxy) is 2. The third-order valence-electron chi connectivity index (χ3n) is 23.1. The number of nitrogens with two attached hydrogens (primary N) is 2. The maximum atomic E-state index is 15.3. The SMILES string of the molecule is C#Cc1c(F)cc2c(nc(C)n2CC)c1F.C=CC(=O)N1C[C@@H](n2cc(C#Cc3c(F)cc4c(nc(C)n4CC)c3F)c(C(N)=O)c2NC)C[C@@H]1COC.C=CC(=O)N1C[C@@H](n2nc(Br)c(C(N)=O)c2NC)C[C@@H]1COC.CC1=Nc2c(cc(F)c(I)c2F)C1.CCn1c(C)nc2c(F)c(C#C[Si](C)(C)C)c(F)cc21.CCn1c(C)nc2c(F)c(I)c(F)cc21.CCn1c(C)nc2cc(F)c(I)c(F)c21. The first-order chi connectivity index (χ1) is 66.1. The average molecular weight is 2360 g/mol. The molecule has 7 aromatic heterocycles. The quantitative estimate of drug-likeness (QED) is 0.0165. The molecule has 16 rings (SSSR count). The number of nitrogens with zero attached hydrogens (tertiary/aromatic N) is 16. The van der Waals surface area contributed by atoms with Gasteiger partial charge in [-0.1, -0.05) is 56.5 Å². The Balaban J connectivity index is 0.000000174. The van der Waals surface area contributed by atoms with E-state index in [1.807, 2.05) is 67.1 Å². The highest BCUT2D eigenvalue weighted by atomic mass is 127. The second-order valence-corrected chi connectivity index (χ2v) is 41.9. The van der Waals surface area contributed by atoms with Crippen LogP contribution in [0.1, 0.15) is 144 Å². The Bertz CT molecular complexity index is 7270. The number of carbonyl (C=O) groups is 4. The molecule has 0 radical (unpaired) electrons. The maximum absolute atomic E-state index is 15.3. The number of aromatic nitrogens is 13. The van der Waals surface area contributed by atoms with Crippen molar-refractivity contribution in [1.82, 2.24) is 71.9 Å². The largest absolute Gasteiger partial charge is 0.383 e. The normalized spacial score (nSPS) is 14.6. The third kappa shape index (κ3) is 23.1. The number of primary amides is 2. The Labute approximate surface area is 850 Å². The number of carbonyl (C=O) groups excluding carboxylic acids is 4. The van der Waals surface area contributed by atoms with Crippen molar-refractivity contribution in [2.75, 3.05) is 65.3 Å². The number of aryl methyl sites for hydroxylation is 10. The van der Waals surface area contributed by atoms with E-state index in [1.54, 1.807) is 179 Å². The molecule has 43 heteroatoms. The lowest BCUT2D eigenvalue weighted by molar-refractivity contribution is -0.128. The fourth-order valence-corrected chi connectivity index (χ4v) is 19.1. The van der Waals surface area contributed by atoms with Crippen molar-refractivity contribution in [3.63, 3.8) is 0 Å². The number of halogens is 16. The van der Waals surface area contributed by atoms with Crippen molar-refractivity contribution in [2.24, 2.45) is 16.5 Å². The van der Waals surface area contributed by atoms with Gasteiger partial charge >= 0.3 is 0 Å². The number of terminal acetylenes is 1. The van der Waals surface area contributed by atoms with Gasteiger partial charge in [0.15, 0.2) is 34.9 Å². The number of aliphatic imine (C=N–C) groups is 1. The number of amides is 4. The number of rotatable bonds is 17. The van der Waals surface area contributed by atoms with Crippen LogP contribution >= 0.6 is 83.7 Å². The fraction of sp³-hybridized carbons (Fsp3) is 0.351. The Morgan fingerprint density at radius 1 is 0.529 bits per heavy atom. The van der Waals surface area contributed by atoms with Crippen molar-refractivity contribution in [3.05, 3.63) is 221 Å². The number of anilines is 2. The zero-order valence-corrected chi connectivity index (χ0v) is 88.8. The van der Waals surface area contributed by atoms with Crippen LogP contribution in [0.25, 0.3) is 55.2 Å². The molecule has 13 aromatic rings. The molecule has 4 atom stereocenters. The molecule has 742 valence electrons. The molecule has 2 fully saturated rings. The molecule has 6 N–H and O–H groups in total. The van der Waals surface area contributed by atoms with E-state index >= 15 is 4.39 Å². The van der Waals surface area contributed by atoms with E-state index in [2.05, 4.69) is 98.0 Å². The number of hydrogen-bond acceptors (Lipinski definition) is 15. The second-order valence-electron chi connectivity index (χ2n) is 33.1. The van der Waals surface area contributed by atoms with Crippen LogP contribution < -0.4 is 22.1 Å². The van der Waals surface area contributed by atoms with Gasteiger partial charge in [-0.3, -0.25) is 24.2 Å². The van der Waals surface area contributed by atoms with E-state index in [-0.39, 0.29) is 91.0 Å². The van der Waals surface area contributed by atoms with Crippen LogP contribution in [-0.4, -0.2) is 176 Å². The van der Waals surface area contributed by atoms with Gasteiger partial charge < -0.3 is 68.8 Å². The average Bonchev–Trinajstić information content (AvgIpc) is 1.60. The van der Waals surface area contributed by atoms with Crippen molar-refractivity contribution in [2.45, 2.75) is 172 Å². The smallest absolute Gasteiger partial charge is 0.255 e. The Morgan fingerprint density at radius 2 is 0.921 bits per heavy atom. The van der Waals surface area contributed by atoms with Crippen molar-refractivity contribution in [3.8, 4) is 35.6 Å². The van der Waals surface area contributed by atoms with E-state index < -0.39 is 95.3 Å². The molecule has 0 unspecified atom stereocenters. The van der Waals surface area contributed by atoms with Gasteiger partial charge in [-0.2, -0.15) is 5.10 Å². The highest BCUT2D eigenvalue weighted by molar-refractivity contribution is 14.1. The summed E-state index contributed by atoms with van der Waals surface area (Å²) in [5, 5.41) is 10.3. The highest BCUT2D eigenvalue weighted by Gasteiger charge is 2.40. The zero-order chi connectivity index (χ0) is 104. The lowest BCUT2D eigenvalue weighted by atomic mass is 10.1.